The Morgan fingerprint density at radius 2 is 1.89 bits per heavy atom. The largest absolute Gasteiger partial charge is 0.296 e. The first kappa shape index (κ1) is 13.5. The molecule has 0 aromatic carbocycles. The maximum absolute atomic E-state index is 11.4. The Balaban J connectivity index is 1.93. The zero-order chi connectivity index (χ0) is 13.3. The monoisotopic (exact) mass is 272 g/mol. The Labute approximate surface area is 108 Å². The van der Waals surface area contributed by atoms with E-state index in [9.17, 15) is 8.42 Å². The van der Waals surface area contributed by atoms with Gasteiger partial charge in [0, 0.05) is 51.0 Å². The summed E-state index contributed by atoms with van der Waals surface area (Å²) in [6.07, 6.45) is 3.16. The van der Waals surface area contributed by atoms with Crippen LogP contribution >= 0.6 is 0 Å². The molecule has 0 amide bonds. The van der Waals surface area contributed by atoms with Gasteiger partial charge >= 0.3 is 0 Å². The third-order valence-corrected chi connectivity index (χ3v) is 4.83. The van der Waals surface area contributed by atoms with Crippen molar-refractivity contribution in [1.82, 2.24) is 19.0 Å². The Hall–Kier alpha value is -0.920. The van der Waals surface area contributed by atoms with Crippen molar-refractivity contribution in [2.45, 2.75) is 13.5 Å². The van der Waals surface area contributed by atoms with E-state index in [2.05, 4.69) is 16.9 Å². The highest BCUT2D eigenvalue weighted by molar-refractivity contribution is 7.88. The maximum atomic E-state index is 11.4. The van der Waals surface area contributed by atoms with Gasteiger partial charge in [-0.2, -0.15) is 9.40 Å². The van der Waals surface area contributed by atoms with Gasteiger partial charge in [0.05, 0.1) is 12.5 Å². The molecular formula is C11H20N4O2S. The molecule has 7 heteroatoms. The number of rotatable bonds is 3. The van der Waals surface area contributed by atoms with Crippen LogP contribution in [-0.2, 0) is 23.6 Å². The molecule has 6 nitrogen and oxygen atoms in total. The van der Waals surface area contributed by atoms with Gasteiger partial charge in [-0.3, -0.25) is 9.58 Å². The summed E-state index contributed by atoms with van der Waals surface area (Å²) in [5, 5.41) is 4.22. The van der Waals surface area contributed by atoms with Crippen LogP contribution in [0.5, 0.6) is 0 Å². The molecule has 0 bridgehead atoms. The summed E-state index contributed by atoms with van der Waals surface area (Å²) in [5.74, 6) is 0. The van der Waals surface area contributed by atoms with Gasteiger partial charge in [-0.25, -0.2) is 8.42 Å². The third-order valence-electron chi connectivity index (χ3n) is 3.53. The van der Waals surface area contributed by atoms with E-state index in [-0.39, 0.29) is 0 Å². The Morgan fingerprint density at radius 1 is 1.28 bits per heavy atom. The normalized spacial score (nSPS) is 19.3. The van der Waals surface area contributed by atoms with E-state index >= 15 is 0 Å². The molecule has 1 aromatic heterocycles. The fourth-order valence-electron chi connectivity index (χ4n) is 2.16. The summed E-state index contributed by atoms with van der Waals surface area (Å²) in [6, 6.07) is 0. The number of aryl methyl sites for hydroxylation is 1. The molecular weight excluding hydrogens is 252 g/mol. The molecule has 18 heavy (non-hydrogen) atoms. The SMILES string of the molecule is Cc1c(CN2CCN(S(C)(=O)=O)CC2)cnn1C. The fraction of sp³-hybridized carbons (Fsp3) is 0.727. The molecule has 1 aliphatic rings. The van der Waals surface area contributed by atoms with Gasteiger partial charge in [0.1, 0.15) is 0 Å². The molecule has 0 N–H and O–H groups in total. The van der Waals surface area contributed by atoms with E-state index in [1.165, 1.54) is 17.5 Å². The Kier molecular flexibility index (Phi) is 3.74. The Bertz CT molecular complexity index is 515. The summed E-state index contributed by atoms with van der Waals surface area (Å²) in [5.41, 5.74) is 2.38. The van der Waals surface area contributed by atoms with Crippen LogP contribution in [0.2, 0.25) is 0 Å². The highest BCUT2D eigenvalue weighted by Crippen LogP contribution is 2.12. The number of aromatic nitrogens is 2. The van der Waals surface area contributed by atoms with Crippen LogP contribution < -0.4 is 0 Å². The second-order valence-corrected chi connectivity index (χ2v) is 6.80. The number of sulfonamides is 1. The molecule has 1 aliphatic heterocycles. The summed E-state index contributed by atoms with van der Waals surface area (Å²) >= 11 is 0. The van der Waals surface area contributed by atoms with E-state index in [1.807, 2.05) is 17.9 Å². The third kappa shape index (κ3) is 2.90. The second-order valence-electron chi connectivity index (χ2n) is 4.82. The summed E-state index contributed by atoms with van der Waals surface area (Å²) in [7, 11) is -1.11. The van der Waals surface area contributed by atoms with E-state index < -0.39 is 10.0 Å². The lowest BCUT2D eigenvalue weighted by molar-refractivity contribution is 0.182. The molecule has 0 unspecified atom stereocenters. The van der Waals surface area contributed by atoms with Crippen molar-refractivity contribution in [3.63, 3.8) is 0 Å². The van der Waals surface area contributed by atoms with Crippen molar-refractivity contribution in [2.75, 3.05) is 32.4 Å². The minimum absolute atomic E-state index is 0.581. The molecule has 1 fully saturated rings. The fourth-order valence-corrected chi connectivity index (χ4v) is 2.99. The minimum Gasteiger partial charge on any atom is -0.296 e. The molecule has 1 aromatic rings. The van der Waals surface area contributed by atoms with Gasteiger partial charge in [-0.1, -0.05) is 0 Å². The highest BCUT2D eigenvalue weighted by atomic mass is 32.2. The van der Waals surface area contributed by atoms with Crippen LogP contribution in [0.1, 0.15) is 11.3 Å². The van der Waals surface area contributed by atoms with Crippen molar-refractivity contribution < 1.29 is 8.42 Å². The van der Waals surface area contributed by atoms with Crippen molar-refractivity contribution in [3.8, 4) is 0 Å². The van der Waals surface area contributed by atoms with Crippen molar-refractivity contribution in [3.05, 3.63) is 17.5 Å². The molecule has 0 saturated carbocycles. The van der Waals surface area contributed by atoms with Gasteiger partial charge in [0.25, 0.3) is 0 Å². The average molecular weight is 272 g/mol. The van der Waals surface area contributed by atoms with E-state index in [0.29, 0.717) is 13.1 Å². The topological polar surface area (TPSA) is 58.4 Å². The van der Waals surface area contributed by atoms with E-state index in [4.69, 9.17) is 0 Å². The van der Waals surface area contributed by atoms with Crippen LogP contribution in [0, 0.1) is 6.92 Å². The first-order valence-corrected chi connectivity index (χ1v) is 7.87. The first-order chi connectivity index (χ1) is 8.38. The summed E-state index contributed by atoms with van der Waals surface area (Å²) in [6.45, 7) is 5.62. The molecule has 0 radical (unpaired) electrons. The number of hydrogen-bond donors (Lipinski definition) is 0. The first-order valence-electron chi connectivity index (χ1n) is 6.03. The quantitative estimate of drug-likeness (QED) is 0.765. The number of piperazine rings is 1. The van der Waals surface area contributed by atoms with Gasteiger partial charge in [0.15, 0.2) is 0 Å². The van der Waals surface area contributed by atoms with Crippen LogP contribution in [0.15, 0.2) is 6.20 Å². The van der Waals surface area contributed by atoms with Crippen LogP contribution in [0.3, 0.4) is 0 Å². The van der Waals surface area contributed by atoms with Crippen molar-refractivity contribution in [1.29, 1.82) is 0 Å². The number of hydrogen-bond acceptors (Lipinski definition) is 4. The summed E-state index contributed by atoms with van der Waals surface area (Å²) < 4.78 is 26.2. The summed E-state index contributed by atoms with van der Waals surface area (Å²) in [4.78, 5) is 2.27. The highest BCUT2D eigenvalue weighted by Gasteiger charge is 2.23. The predicted molar refractivity (Wildman–Crippen MR) is 69.6 cm³/mol. The lowest BCUT2D eigenvalue weighted by Crippen LogP contribution is -2.47. The zero-order valence-corrected chi connectivity index (χ0v) is 11.9. The smallest absolute Gasteiger partial charge is 0.211 e. The predicted octanol–water partition coefficient (Wildman–Crippen LogP) is -0.194. The van der Waals surface area contributed by atoms with E-state index in [1.54, 1.807) is 4.31 Å². The van der Waals surface area contributed by atoms with Gasteiger partial charge < -0.3 is 0 Å². The van der Waals surface area contributed by atoms with Crippen molar-refractivity contribution in [2.24, 2.45) is 7.05 Å². The second kappa shape index (κ2) is 4.99. The molecule has 2 rings (SSSR count). The standard InChI is InChI=1S/C11H20N4O2S/c1-10-11(8-12-13(10)2)9-14-4-6-15(7-5-14)18(3,16)17/h8H,4-7,9H2,1-3H3. The maximum Gasteiger partial charge on any atom is 0.211 e. The van der Waals surface area contributed by atoms with Gasteiger partial charge in [0.2, 0.25) is 10.0 Å². The lowest BCUT2D eigenvalue weighted by atomic mass is 10.2. The minimum atomic E-state index is -3.04. The molecule has 1 saturated heterocycles. The van der Waals surface area contributed by atoms with Crippen LogP contribution in [-0.4, -0.2) is 59.8 Å². The van der Waals surface area contributed by atoms with E-state index in [0.717, 1.165) is 19.6 Å². The lowest BCUT2D eigenvalue weighted by Gasteiger charge is -2.33. The number of nitrogens with zero attached hydrogens (tertiary/aromatic N) is 4. The van der Waals surface area contributed by atoms with Gasteiger partial charge in [-0.15, -0.1) is 0 Å². The molecule has 2 heterocycles. The van der Waals surface area contributed by atoms with Crippen LogP contribution in [0.25, 0.3) is 0 Å². The zero-order valence-electron chi connectivity index (χ0n) is 11.1. The van der Waals surface area contributed by atoms with Crippen LogP contribution in [0.4, 0.5) is 0 Å². The average Bonchev–Trinajstić information content (AvgIpc) is 2.61. The molecule has 0 aliphatic carbocycles. The molecule has 102 valence electrons. The molecule has 0 atom stereocenters. The van der Waals surface area contributed by atoms with Gasteiger partial charge in [-0.05, 0) is 6.92 Å². The Morgan fingerprint density at radius 3 is 2.33 bits per heavy atom. The molecule has 0 spiro atoms. The van der Waals surface area contributed by atoms with Crippen molar-refractivity contribution >= 4 is 10.0 Å².